The van der Waals surface area contributed by atoms with Crippen LogP contribution >= 0.6 is 11.6 Å². The van der Waals surface area contributed by atoms with Crippen molar-refractivity contribution in [1.82, 2.24) is 24.3 Å². The molecular formula is C23H16ClF2N7O2. The minimum Gasteiger partial charge on any atom is -0.475 e. The largest absolute Gasteiger partial charge is 0.475 e. The van der Waals surface area contributed by atoms with Gasteiger partial charge in [0.25, 0.3) is 11.8 Å². The highest BCUT2D eigenvalue weighted by molar-refractivity contribution is 6.30. The van der Waals surface area contributed by atoms with Crippen LogP contribution in [0.1, 0.15) is 24.0 Å². The molecule has 4 aromatic rings. The van der Waals surface area contributed by atoms with Gasteiger partial charge < -0.3 is 19.8 Å². The maximum absolute atomic E-state index is 13.2. The molecular weight excluding hydrogens is 480 g/mol. The summed E-state index contributed by atoms with van der Waals surface area (Å²) in [6.07, 6.45) is 4.61. The number of fused-ring (bicyclic) bond motifs is 1. The van der Waals surface area contributed by atoms with Crippen LogP contribution in [-0.2, 0) is 10.3 Å². The molecule has 1 atom stereocenters. The van der Waals surface area contributed by atoms with E-state index in [0.717, 1.165) is 5.56 Å². The average molecular weight is 496 g/mol. The molecule has 1 saturated carbocycles. The highest BCUT2D eigenvalue weighted by Crippen LogP contribution is 2.53. The van der Waals surface area contributed by atoms with Gasteiger partial charge in [0.15, 0.2) is 11.4 Å². The molecule has 3 aromatic heterocycles. The van der Waals surface area contributed by atoms with E-state index in [1.807, 2.05) is 0 Å². The van der Waals surface area contributed by atoms with Gasteiger partial charge in [-0.3, -0.25) is 4.79 Å². The number of halogens is 3. The molecule has 5 heterocycles. The molecule has 0 radical (unpaired) electrons. The number of carbonyl (C=O) groups excluding carboxylic acids is 1. The summed E-state index contributed by atoms with van der Waals surface area (Å²) in [6, 6.07) is 7.03. The Balaban J connectivity index is 1.24. The first-order chi connectivity index (χ1) is 16.8. The number of ether oxygens (including phenoxy) is 1. The molecule has 1 unspecified atom stereocenters. The standard InChI is InChI=1S/C23H16ClF2N7O2/c24-13-3-1-12(2-4-13)23-15-17(31-21(23)34)29-16(30-18(15)32-23)14-9-33-6-5-27-19(33)20(28-14)35-10-11-7-22(25,26)8-11/h1-6,9,11H,7-8,10H2,(H2,29,30,31,32,34). The monoisotopic (exact) mass is 495 g/mol. The highest BCUT2D eigenvalue weighted by Gasteiger charge is 2.58. The fraction of sp³-hybridized carbons (Fsp3) is 0.261. The number of alkyl halides is 2. The van der Waals surface area contributed by atoms with Crippen molar-refractivity contribution in [1.29, 1.82) is 0 Å². The van der Waals surface area contributed by atoms with Crippen molar-refractivity contribution in [3.05, 3.63) is 59.0 Å². The topological polar surface area (TPSA) is 106 Å². The van der Waals surface area contributed by atoms with E-state index >= 15 is 0 Å². The van der Waals surface area contributed by atoms with Crippen molar-refractivity contribution in [2.75, 3.05) is 17.2 Å². The highest BCUT2D eigenvalue weighted by atomic mass is 35.5. The van der Waals surface area contributed by atoms with E-state index in [2.05, 4.69) is 30.6 Å². The van der Waals surface area contributed by atoms with Crippen molar-refractivity contribution in [2.24, 2.45) is 5.92 Å². The van der Waals surface area contributed by atoms with Gasteiger partial charge in [0.05, 0.1) is 12.2 Å². The second-order valence-corrected chi connectivity index (χ2v) is 9.42. The normalized spacial score (nSPS) is 21.6. The summed E-state index contributed by atoms with van der Waals surface area (Å²) in [5.41, 5.74) is 1.18. The molecule has 0 bridgehead atoms. The molecule has 2 aliphatic heterocycles. The summed E-state index contributed by atoms with van der Waals surface area (Å²) < 4.78 is 33.9. The smallest absolute Gasteiger partial charge is 0.260 e. The number of imidazole rings is 1. The van der Waals surface area contributed by atoms with Crippen LogP contribution in [0.4, 0.5) is 20.4 Å². The van der Waals surface area contributed by atoms with Crippen molar-refractivity contribution in [3.8, 4) is 17.4 Å². The zero-order valence-electron chi connectivity index (χ0n) is 17.9. The summed E-state index contributed by atoms with van der Waals surface area (Å²) in [5, 5.41) is 6.60. The van der Waals surface area contributed by atoms with Crippen molar-refractivity contribution < 1.29 is 18.3 Å². The van der Waals surface area contributed by atoms with E-state index in [1.54, 1.807) is 47.3 Å². The fourth-order valence-corrected chi connectivity index (χ4v) is 5.04. The summed E-state index contributed by atoms with van der Waals surface area (Å²) in [5.74, 6) is -1.72. The molecule has 1 aromatic carbocycles. The fourth-order valence-electron chi connectivity index (χ4n) is 4.92. The number of anilines is 2. The molecule has 2 N–H and O–H groups in total. The number of aromatic nitrogens is 5. The third-order valence-corrected chi connectivity index (χ3v) is 6.89. The van der Waals surface area contributed by atoms with Gasteiger partial charge in [0, 0.05) is 42.4 Å². The molecule has 7 rings (SSSR count). The molecule has 0 spiro atoms. The number of rotatable bonds is 5. The lowest BCUT2D eigenvalue weighted by Gasteiger charge is -2.38. The molecule has 3 aliphatic rings. The van der Waals surface area contributed by atoms with Crippen LogP contribution in [0.3, 0.4) is 0 Å². The van der Waals surface area contributed by atoms with Crippen LogP contribution in [0.5, 0.6) is 5.88 Å². The van der Waals surface area contributed by atoms with E-state index in [0.29, 0.717) is 33.6 Å². The van der Waals surface area contributed by atoms with E-state index in [9.17, 15) is 13.6 Å². The summed E-state index contributed by atoms with van der Waals surface area (Å²) >= 11 is 6.01. The lowest BCUT2D eigenvalue weighted by Crippen LogP contribution is -2.50. The summed E-state index contributed by atoms with van der Waals surface area (Å²) in [7, 11) is 0. The quantitative estimate of drug-likeness (QED) is 0.432. The first-order valence-electron chi connectivity index (χ1n) is 11.0. The lowest BCUT2D eigenvalue weighted by atomic mass is 9.79. The number of hydrogen-bond acceptors (Lipinski definition) is 7. The Kier molecular flexibility index (Phi) is 4.01. The van der Waals surface area contributed by atoms with Gasteiger partial charge in [-0.05, 0) is 17.7 Å². The van der Waals surface area contributed by atoms with Crippen LogP contribution in [0.25, 0.3) is 17.2 Å². The van der Waals surface area contributed by atoms with Gasteiger partial charge in [-0.15, -0.1) is 0 Å². The van der Waals surface area contributed by atoms with E-state index in [1.165, 1.54) is 0 Å². The van der Waals surface area contributed by atoms with Crippen LogP contribution < -0.4 is 15.4 Å². The second-order valence-electron chi connectivity index (χ2n) is 8.99. The number of nitrogens with one attached hydrogen (secondary N) is 2. The minimum atomic E-state index is -2.62. The number of amides is 1. The summed E-state index contributed by atoms with van der Waals surface area (Å²) in [4.78, 5) is 30.9. The Bertz CT molecular complexity index is 1530. The predicted octanol–water partition coefficient (Wildman–Crippen LogP) is 3.89. The van der Waals surface area contributed by atoms with E-state index in [-0.39, 0.29) is 43.0 Å². The predicted molar refractivity (Wildman–Crippen MR) is 122 cm³/mol. The molecule has 0 saturated heterocycles. The van der Waals surface area contributed by atoms with Crippen LogP contribution in [0.2, 0.25) is 5.02 Å². The van der Waals surface area contributed by atoms with Gasteiger partial charge >= 0.3 is 0 Å². The Morgan fingerprint density at radius 2 is 1.91 bits per heavy atom. The van der Waals surface area contributed by atoms with E-state index < -0.39 is 11.5 Å². The molecule has 1 fully saturated rings. The lowest BCUT2D eigenvalue weighted by molar-refractivity contribution is -0.119. The maximum Gasteiger partial charge on any atom is 0.260 e. The second kappa shape index (κ2) is 6.85. The van der Waals surface area contributed by atoms with Crippen molar-refractivity contribution in [2.45, 2.75) is 24.3 Å². The molecule has 1 amide bonds. The third-order valence-electron chi connectivity index (χ3n) is 6.64. The molecule has 9 nitrogen and oxygen atoms in total. The van der Waals surface area contributed by atoms with Crippen LogP contribution in [0.15, 0.2) is 42.9 Å². The zero-order valence-corrected chi connectivity index (χ0v) is 18.7. The Hall–Kier alpha value is -3.86. The van der Waals surface area contributed by atoms with Gasteiger partial charge in [-0.2, -0.15) is 0 Å². The molecule has 12 heteroatoms. The van der Waals surface area contributed by atoms with Gasteiger partial charge in [0.2, 0.25) is 11.6 Å². The third kappa shape index (κ3) is 2.94. The number of benzene rings is 1. The Labute approximate surface area is 201 Å². The average Bonchev–Trinajstić information content (AvgIpc) is 3.36. The number of hydrogen-bond donors (Lipinski definition) is 2. The van der Waals surface area contributed by atoms with Gasteiger partial charge in [0.1, 0.15) is 17.3 Å². The first kappa shape index (κ1) is 20.5. The van der Waals surface area contributed by atoms with Crippen molar-refractivity contribution >= 4 is 34.8 Å². The molecule has 35 heavy (non-hydrogen) atoms. The van der Waals surface area contributed by atoms with E-state index in [4.69, 9.17) is 16.3 Å². The van der Waals surface area contributed by atoms with Gasteiger partial charge in [-0.1, -0.05) is 23.7 Å². The summed E-state index contributed by atoms with van der Waals surface area (Å²) in [6.45, 7) is 0.117. The zero-order chi connectivity index (χ0) is 23.9. The van der Waals surface area contributed by atoms with Crippen molar-refractivity contribution in [3.63, 3.8) is 0 Å². The Morgan fingerprint density at radius 1 is 1.14 bits per heavy atom. The SMILES string of the molecule is O=C1Nc2nc(-c3cn4ccnc4c(OCC4CC(F)(F)C4)n3)nc3c2C1(c1ccc(Cl)cc1)N3. The number of nitrogens with zero attached hydrogens (tertiary/aromatic N) is 5. The van der Waals surface area contributed by atoms with Crippen LogP contribution in [0, 0.1) is 5.92 Å². The molecule has 176 valence electrons. The first-order valence-corrected chi connectivity index (χ1v) is 11.3. The number of carbonyl (C=O) groups is 1. The maximum atomic E-state index is 13.2. The van der Waals surface area contributed by atoms with Gasteiger partial charge in [-0.25, -0.2) is 28.7 Å². The Morgan fingerprint density at radius 3 is 2.69 bits per heavy atom. The molecule has 1 aliphatic carbocycles. The van der Waals surface area contributed by atoms with Crippen LogP contribution in [-0.4, -0.2) is 42.8 Å². The minimum absolute atomic E-state index is 0.117.